The van der Waals surface area contributed by atoms with Gasteiger partial charge < -0.3 is 9.47 Å². The average molecular weight is 894 g/mol. The van der Waals surface area contributed by atoms with Gasteiger partial charge in [0.15, 0.2) is 0 Å². The molecule has 0 aromatic heterocycles. The Morgan fingerprint density at radius 2 is 0.565 bits per heavy atom. The molecule has 0 heterocycles. The van der Waals surface area contributed by atoms with E-state index in [2.05, 4.69) is 20.8 Å². The summed E-state index contributed by atoms with van der Waals surface area (Å²) in [6.07, 6.45) is 62.3. The molecule has 0 N–H and O–H groups in total. The molecule has 0 unspecified atom stereocenters. The van der Waals surface area contributed by atoms with E-state index < -0.39 is 0 Å². The SMILES string of the molecule is CCCCCCCCCCCCCCCCCCSC[C@H](COC(=O)CCCCCCCCCCCCCCCCC)OC(=O)CCCCCCCCCCCCCCCCC. The number of thioether (sulfide) groups is 1. The van der Waals surface area contributed by atoms with Crippen molar-refractivity contribution in [3.05, 3.63) is 0 Å². The number of hydrogen-bond acceptors (Lipinski definition) is 5. The zero-order valence-corrected chi connectivity index (χ0v) is 43.5. The van der Waals surface area contributed by atoms with Gasteiger partial charge in [-0.05, 0) is 25.0 Å². The van der Waals surface area contributed by atoms with Crippen molar-refractivity contribution >= 4 is 23.7 Å². The molecule has 0 amide bonds. The van der Waals surface area contributed by atoms with E-state index in [0.29, 0.717) is 12.8 Å². The smallest absolute Gasteiger partial charge is 0.306 e. The molecule has 0 fully saturated rings. The second kappa shape index (κ2) is 54.6. The Bertz CT molecular complexity index is 864. The minimum absolute atomic E-state index is 0.119. The number of rotatable bonds is 54. The van der Waals surface area contributed by atoms with Gasteiger partial charge in [-0.25, -0.2) is 0 Å². The van der Waals surface area contributed by atoms with E-state index in [1.54, 1.807) is 0 Å². The first-order chi connectivity index (χ1) is 30.6. The molecule has 4 nitrogen and oxygen atoms in total. The van der Waals surface area contributed by atoms with E-state index >= 15 is 0 Å². The molecule has 0 aromatic rings. The summed E-state index contributed by atoms with van der Waals surface area (Å²) in [5.41, 5.74) is 0. The Kier molecular flexibility index (Phi) is 54.0. The van der Waals surface area contributed by atoms with Crippen LogP contribution < -0.4 is 0 Å². The molecule has 5 heteroatoms. The summed E-state index contributed by atoms with van der Waals surface area (Å²) in [4.78, 5) is 25.5. The number of esters is 2. The van der Waals surface area contributed by atoms with E-state index in [1.165, 1.54) is 270 Å². The molecule has 0 saturated carbocycles. The first kappa shape index (κ1) is 61.3. The molecule has 0 radical (unpaired) electrons. The van der Waals surface area contributed by atoms with Gasteiger partial charge in [-0.2, -0.15) is 11.8 Å². The zero-order valence-electron chi connectivity index (χ0n) is 42.7. The molecule has 0 saturated heterocycles. The van der Waals surface area contributed by atoms with Crippen molar-refractivity contribution in [2.24, 2.45) is 0 Å². The third-order valence-electron chi connectivity index (χ3n) is 13.1. The van der Waals surface area contributed by atoms with Gasteiger partial charge in [-0.3, -0.25) is 9.59 Å². The van der Waals surface area contributed by atoms with Gasteiger partial charge in [0.1, 0.15) is 12.7 Å². The average Bonchev–Trinajstić information content (AvgIpc) is 3.27. The number of carbonyl (C=O) groups is 2. The number of hydrogen-bond donors (Lipinski definition) is 0. The van der Waals surface area contributed by atoms with E-state index in [4.69, 9.17) is 9.47 Å². The Labute approximate surface area is 394 Å². The zero-order chi connectivity index (χ0) is 44.9. The van der Waals surface area contributed by atoms with Crippen LogP contribution >= 0.6 is 11.8 Å². The number of ether oxygens (including phenoxy) is 2. The summed E-state index contributed by atoms with van der Waals surface area (Å²) in [7, 11) is 0. The highest BCUT2D eigenvalue weighted by molar-refractivity contribution is 7.99. The molecular formula is C57H112O4S. The first-order valence-electron chi connectivity index (χ1n) is 28.6. The van der Waals surface area contributed by atoms with E-state index in [-0.39, 0.29) is 24.6 Å². The highest BCUT2D eigenvalue weighted by Crippen LogP contribution is 2.19. The maximum Gasteiger partial charge on any atom is 0.306 e. The fourth-order valence-electron chi connectivity index (χ4n) is 8.87. The Morgan fingerprint density at radius 3 is 0.855 bits per heavy atom. The third-order valence-corrected chi connectivity index (χ3v) is 14.3. The van der Waals surface area contributed by atoms with Crippen molar-refractivity contribution in [2.75, 3.05) is 18.1 Å². The topological polar surface area (TPSA) is 52.6 Å². The number of unbranched alkanes of at least 4 members (excludes halogenated alkanes) is 43. The van der Waals surface area contributed by atoms with Gasteiger partial charge in [-0.1, -0.05) is 297 Å². The summed E-state index contributed by atoms with van der Waals surface area (Å²) in [5, 5.41) is 0. The first-order valence-corrected chi connectivity index (χ1v) is 29.7. The fraction of sp³-hybridized carbons (Fsp3) is 0.965. The lowest BCUT2D eigenvalue weighted by Crippen LogP contribution is -2.27. The van der Waals surface area contributed by atoms with E-state index in [1.807, 2.05) is 11.8 Å². The molecule has 0 aromatic carbocycles. The molecule has 0 rings (SSSR count). The van der Waals surface area contributed by atoms with Crippen molar-refractivity contribution < 1.29 is 19.1 Å². The van der Waals surface area contributed by atoms with Crippen LogP contribution in [0.15, 0.2) is 0 Å². The lowest BCUT2D eigenvalue weighted by atomic mass is 10.0. The second-order valence-electron chi connectivity index (χ2n) is 19.6. The van der Waals surface area contributed by atoms with Crippen LogP contribution in [0.2, 0.25) is 0 Å². The Hall–Kier alpha value is -0.710. The van der Waals surface area contributed by atoms with Gasteiger partial charge in [0.25, 0.3) is 0 Å². The van der Waals surface area contributed by atoms with Gasteiger partial charge in [0.2, 0.25) is 0 Å². The normalized spacial score (nSPS) is 12.0. The van der Waals surface area contributed by atoms with Gasteiger partial charge in [0.05, 0.1) is 0 Å². The summed E-state index contributed by atoms with van der Waals surface area (Å²) < 4.78 is 11.7. The monoisotopic (exact) mass is 893 g/mol. The minimum Gasteiger partial charge on any atom is -0.462 e. The largest absolute Gasteiger partial charge is 0.462 e. The summed E-state index contributed by atoms with van der Waals surface area (Å²) in [6, 6.07) is 0. The molecular weight excluding hydrogens is 781 g/mol. The third kappa shape index (κ3) is 51.9. The Balaban J connectivity index is 4.18. The standard InChI is InChI=1S/C57H112O4S/c1-4-7-10-13-16-19-22-25-28-31-34-37-40-43-46-49-52-62-54-55(61-57(59)51-48-45-42-39-36-33-30-27-24-21-18-15-12-9-6-3)53-60-56(58)50-47-44-41-38-35-32-29-26-23-20-17-14-11-8-5-2/h55H,4-54H2,1-3H3/t55-/m0/s1. The van der Waals surface area contributed by atoms with Crippen LogP contribution in [0.1, 0.15) is 329 Å². The van der Waals surface area contributed by atoms with Crippen LogP contribution in [0.5, 0.6) is 0 Å². The quantitative estimate of drug-likeness (QED) is 0.0450. The van der Waals surface area contributed by atoms with E-state index in [9.17, 15) is 9.59 Å². The molecule has 0 aliphatic carbocycles. The summed E-state index contributed by atoms with van der Waals surface area (Å²) >= 11 is 1.86. The van der Waals surface area contributed by atoms with Crippen LogP contribution in [0, 0.1) is 0 Å². The van der Waals surface area contributed by atoms with E-state index in [0.717, 1.165) is 37.2 Å². The molecule has 370 valence electrons. The van der Waals surface area contributed by atoms with Crippen LogP contribution in [0.4, 0.5) is 0 Å². The number of carbonyl (C=O) groups excluding carboxylic acids is 2. The highest BCUT2D eigenvalue weighted by Gasteiger charge is 2.17. The van der Waals surface area contributed by atoms with Crippen LogP contribution in [-0.4, -0.2) is 36.2 Å². The van der Waals surface area contributed by atoms with Gasteiger partial charge >= 0.3 is 11.9 Å². The molecule has 0 aliphatic heterocycles. The predicted octanol–water partition coefficient (Wildman–Crippen LogP) is 20.0. The van der Waals surface area contributed by atoms with Crippen molar-refractivity contribution in [3.63, 3.8) is 0 Å². The van der Waals surface area contributed by atoms with Crippen molar-refractivity contribution in [1.82, 2.24) is 0 Å². The van der Waals surface area contributed by atoms with Crippen molar-refractivity contribution in [3.8, 4) is 0 Å². The van der Waals surface area contributed by atoms with Gasteiger partial charge in [-0.15, -0.1) is 0 Å². The lowest BCUT2D eigenvalue weighted by Gasteiger charge is -2.18. The van der Waals surface area contributed by atoms with Crippen LogP contribution in [0.25, 0.3) is 0 Å². The fourth-order valence-corrected chi connectivity index (χ4v) is 9.87. The predicted molar refractivity (Wildman–Crippen MR) is 277 cm³/mol. The maximum absolute atomic E-state index is 12.9. The van der Waals surface area contributed by atoms with Gasteiger partial charge in [0, 0.05) is 18.6 Å². The lowest BCUT2D eigenvalue weighted by molar-refractivity contribution is -0.157. The van der Waals surface area contributed by atoms with Crippen LogP contribution in [0.3, 0.4) is 0 Å². The van der Waals surface area contributed by atoms with Crippen molar-refractivity contribution in [1.29, 1.82) is 0 Å². The Morgan fingerprint density at radius 1 is 0.323 bits per heavy atom. The molecule has 0 bridgehead atoms. The summed E-state index contributed by atoms with van der Waals surface area (Å²) in [6.45, 7) is 7.07. The maximum atomic E-state index is 12.9. The molecule has 0 spiro atoms. The minimum atomic E-state index is -0.338. The second-order valence-corrected chi connectivity index (χ2v) is 20.7. The summed E-state index contributed by atoms with van der Waals surface area (Å²) in [5.74, 6) is 1.55. The van der Waals surface area contributed by atoms with Crippen molar-refractivity contribution in [2.45, 2.75) is 335 Å². The highest BCUT2D eigenvalue weighted by atomic mass is 32.2. The van der Waals surface area contributed by atoms with Crippen LogP contribution in [-0.2, 0) is 19.1 Å². The molecule has 1 atom stereocenters. The molecule has 0 aliphatic rings. The molecule has 62 heavy (non-hydrogen) atoms.